The molecule has 1 saturated carbocycles. The summed E-state index contributed by atoms with van der Waals surface area (Å²) in [5.41, 5.74) is 1.54. The lowest BCUT2D eigenvalue weighted by Gasteiger charge is -2.35. The van der Waals surface area contributed by atoms with Gasteiger partial charge in [0.25, 0.3) is 5.91 Å². The van der Waals surface area contributed by atoms with E-state index in [0.717, 1.165) is 30.1 Å². The number of halogens is 1. The zero-order valence-electron chi connectivity index (χ0n) is 18.5. The van der Waals surface area contributed by atoms with Crippen LogP contribution in [0.5, 0.6) is 11.5 Å². The maximum atomic E-state index is 13.6. The number of ether oxygens (including phenoxy) is 2. The fourth-order valence-electron chi connectivity index (χ4n) is 4.27. The SMILES string of the molecule is COc1cc(Cl)c(/C=C2\SC(=Nc3ccccc3)N([C@@H]3CCCC[C@H]3C)C2=O)cc1OC. The maximum Gasteiger partial charge on any atom is 0.267 e. The van der Waals surface area contributed by atoms with E-state index in [2.05, 4.69) is 6.92 Å². The van der Waals surface area contributed by atoms with Gasteiger partial charge in [0.1, 0.15) is 0 Å². The van der Waals surface area contributed by atoms with Crippen molar-refractivity contribution in [1.82, 2.24) is 4.90 Å². The van der Waals surface area contributed by atoms with Gasteiger partial charge in [-0.15, -0.1) is 0 Å². The molecule has 1 saturated heterocycles. The first-order chi connectivity index (χ1) is 15.5. The number of hydrogen-bond acceptors (Lipinski definition) is 5. The number of carbonyl (C=O) groups is 1. The number of methoxy groups -OCH3 is 2. The second-order valence-corrected chi connectivity index (χ2v) is 9.49. The third-order valence-electron chi connectivity index (χ3n) is 6.01. The average molecular weight is 471 g/mol. The Kier molecular flexibility index (Phi) is 7.11. The molecule has 2 aromatic rings. The Morgan fingerprint density at radius 1 is 1.09 bits per heavy atom. The van der Waals surface area contributed by atoms with Crippen LogP contribution in [-0.2, 0) is 4.79 Å². The summed E-state index contributed by atoms with van der Waals surface area (Å²) in [4.78, 5) is 21.0. The fourth-order valence-corrected chi connectivity index (χ4v) is 5.52. The average Bonchev–Trinajstić information content (AvgIpc) is 3.10. The number of thioether (sulfide) groups is 1. The summed E-state index contributed by atoms with van der Waals surface area (Å²) < 4.78 is 10.7. The number of amides is 1. The number of para-hydroxylation sites is 1. The molecule has 1 aliphatic heterocycles. The molecular formula is C25H27ClN2O3S. The van der Waals surface area contributed by atoms with Crippen molar-refractivity contribution in [2.45, 2.75) is 38.6 Å². The van der Waals surface area contributed by atoms with Crippen LogP contribution in [0, 0.1) is 5.92 Å². The van der Waals surface area contributed by atoms with Gasteiger partial charge in [0.2, 0.25) is 0 Å². The van der Waals surface area contributed by atoms with Crippen molar-refractivity contribution in [1.29, 1.82) is 0 Å². The van der Waals surface area contributed by atoms with Crippen molar-refractivity contribution >= 4 is 46.2 Å². The molecule has 32 heavy (non-hydrogen) atoms. The number of amidine groups is 1. The van der Waals surface area contributed by atoms with Gasteiger partial charge < -0.3 is 9.47 Å². The molecule has 1 amide bonds. The van der Waals surface area contributed by atoms with Crippen LogP contribution in [0.2, 0.25) is 5.02 Å². The van der Waals surface area contributed by atoms with E-state index in [1.165, 1.54) is 18.2 Å². The lowest BCUT2D eigenvalue weighted by molar-refractivity contribution is -0.124. The number of aliphatic imine (C=N–C) groups is 1. The topological polar surface area (TPSA) is 51.1 Å². The number of carbonyl (C=O) groups excluding carboxylic acids is 1. The summed E-state index contributed by atoms with van der Waals surface area (Å²) in [6.07, 6.45) is 6.28. The summed E-state index contributed by atoms with van der Waals surface area (Å²) in [6, 6.07) is 13.4. The smallest absolute Gasteiger partial charge is 0.267 e. The summed E-state index contributed by atoms with van der Waals surface area (Å²) in [6.45, 7) is 2.23. The first-order valence-corrected chi connectivity index (χ1v) is 12.0. The predicted octanol–water partition coefficient (Wildman–Crippen LogP) is 6.54. The molecule has 2 aliphatic rings. The van der Waals surface area contributed by atoms with Crippen LogP contribution < -0.4 is 9.47 Å². The third-order valence-corrected chi connectivity index (χ3v) is 7.32. The number of rotatable bonds is 5. The van der Waals surface area contributed by atoms with Crippen LogP contribution in [0.15, 0.2) is 52.4 Å². The minimum absolute atomic E-state index is 0.0192. The summed E-state index contributed by atoms with van der Waals surface area (Å²) in [7, 11) is 3.15. The molecular weight excluding hydrogens is 444 g/mol. The summed E-state index contributed by atoms with van der Waals surface area (Å²) in [5.74, 6) is 1.52. The van der Waals surface area contributed by atoms with Gasteiger partial charge in [-0.3, -0.25) is 9.69 Å². The monoisotopic (exact) mass is 470 g/mol. The molecule has 0 radical (unpaired) electrons. The van der Waals surface area contributed by atoms with E-state index in [4.69, 9.17) is 26.1 Å². The van der Waals surface area contributed by atoms with Crippen molar-refractivity contribution in [3.63, 3.8) is 0 Å². The molecule has 2 aromatic carbocycles. The minimum Gasteiger partial charge on any atom is -0.493 e. The molecule has 0 aromatic heterocycles. The lowest BCUT2D eigenvalue weighted by atomic mass is 9.85. The molecule has 1 aliphatic carbocycles. The molecule has 2 fully saturated rings. The second-order valence-electron chi connectivity index (χ2n) is 8.07. The normalized spacial score (nSPS) is 23.8. The third kappa shape index (κ3) is 4.66. The van der Waals surface area contributed by atoms with Gasteiger partial charge in [0.05, 0.1) is 29.8 Å². The maximum absolute atomic E-state index is 13.6. The van der Waals surface area contributed by atoms with Crippen molar-refractivity contribution < 1.29 is 14.3 Å². The standard InChI is InChI=1S/C25H27ClN2O3S/c1-16-9-7-8-12-20(16)28-24(29)23(32-25(28)27-18-10-5-4-6-11-18)14-17-13-21(30-2)22(31-3)15-19(17)26/h4-6,10-11,13-16,20H,7-9,12H2,1-3H3/b23-14-,27-25?/t16-,20-/m1/s1. The van der Waals surface area contributed by atoms with Crippen molar-refractivity contribution in [2.24, 2.45) is 10.9 Å². The van der Waals surface area contributed by atoms with E-state index in [1.807, 2.05) is 41.3 Å². The van der Waals surface area contributed by atoms with Gasteiger partial charge in [-0.25, -0.2) is 4.99 Å². The van der Waals surface area contributed by atoms with Crippen LogP contribution >= 0.6 is 23.4 Å². The highest BCUT2D eigenvalue weighted by atomic mass is 35.5. The minimum atomic E-state index is -0.0192. The Morgan fingerprint density at radius 3 is 2.47 bits per heavy atom. The van der Waals surface area contributed by atoms with Gasteiger partial charge >= 0.3 is 0 Å². The van der Waals surface area contributed by atoms with Crippen LogP contribution in [0.25, 0.3) is 6.08 Å². The summed E-state index contributed by atoms with van der Waals surface area (Å²) in [5, 5.41) is 1.22. The van der Waals surface area contributed by atoms with Crippen LogP contribution in [0.3, 0.4) is 0 Å². The molecule has 0 N–H and O–H groups in total. The highest BCUT2D eigenvalue weighted by molar-refractivity contribution is 8.18. The van der Waals surface area contributed by atoms with Gasteiger partial charge in [0, 0.05) is 12.1 Å². The molecule has 1 heterocycles. The Balaban J connectivity index is 1.75. The first kappa shape index (κ1) is 22.7. The number of nitrogens with zero attached hydrogens (tertiary/aromatic N) is 2. The molecule has 0 bridgehead atoms. The highest BCUT2D eigenvalue weighted by Crippen LogP contribution is 2.41. The molecule has 0 spiro atoms. The summed E-state index contributed by atoms with van der Waals surface area (Å²) >= 11 is 7.89. The van der Waals surface area contributed by atoms with Gasteiger partial charge in [-0.1, -0.05) is 49.6 Å². The largest absolute Gasteiger partial charge is 0.493 e. The van der Waals surface area contributed by atoms with Crippen LogP contribution in [0.4, 0.5) is 5.69 Å². The fraction of sp³-hybridized carbons (Fsp3) is 0.360. The van der Waals surface area contributed by atoms with Crippen molar-refractivity contribution in [3.05, 3.63) is 58.0 Å². The van der Waals surface area contributed by atoms with Crippen LogP contribution in [0.1, 0.15) is 38.2 Å². The van der Waals surface area contributed by atoms with Crippen molar-refractivity contribution in [3.8, 4) is 11.5 Å². The van der Waals surface area contributed by atoms with E-state index >= 15 is 0 Å². The molecule has 4 rings (SSSR count). The second kappa shape index (κ2) is 10.0. The van der Waals surface area contributed by atoms with E-state index in [1.54, 1.807) is 26.4 Å². The van der Waals surface area contributed by atoms with Crippen LogP contribution in [-0.4, -0.2) is 36.2 Å². The Hall–Kier alpha value is -2.44. The number of benzene rings is 2. The quantitative estimate of drug-likeness (QED) is 0.465. The predicted molar refractivity (Wildman–Crippen MR) is 132 cm³/mol. The van der Waals surface area contributed by atoms with E-state index in [-0.39, 0.29) is 11.9 Å². The van der Waals surface area contributed by atoms with Crippen molar-refractivity contribution in [2.75, 3.05) is 14.2 Å². The Labute approximate surface area is 198 Å². The first-order valence-electron chi connectivity index (χ1n) is 10.8. The zero-order valence-corrected chi connectivity index (χ0v) is 20.1. The molecule has 7 heteroatoms. The van der Waals surface area contributed by atoms with Gasteiger partial charge in [-0.05, 0) is 60.4 Å². The molecule has 2 atom stereocenters. The van der Waals surface area contributed by atoms with Gasteiger partial charge in [-0.2, -0.15) is 0 Å². The molecule has 5 nitrogen and oxygen atoms in total. The van der Waals surface area contributed by atoms with E-state index in [9.17, 15) is 4.79 Å². The molecule has 0 unspecified atom stereocenters. The Bertz CT molecular complexity index is 1050. The molecule has 168 valence electrons. The number of hydrogen-bond donors (Lipinski definition) is 0. The Morgan fingerprint density at radius 2 is 1.78 bits per heavy atom. The van der Waals surface area contributed by atoms with E-state index < -0.39 is 0 Å². The lowest BCUT2D eigenvalue weighted by Crippen LogP contribution is -2.44. The highest BCUT2D eigenvalue weighted by Gasteiger charge is 2.41. The van der Waals surface area contributed by atoms with Gasteiger partial charge in [0.15, 0.2) is 16.7 Å². The zero-order chi connectivity index (χ0) is 22.7. The van der Waals surface area contributed by atoms with E-state index in [0.29, 0.717) is 32.9 Å².